The summed E-state index contributed by atoms with van der Waals surface area (Å²) in [5, 5.41) is 10.5. The molecule has 5 nitrogen and oxygen atoms in total. The van der Waals surface area contributed by atoms with Crippen LogP contribution in [0.1, 0.15) is 85.1 Å². The van der Waals surface area contributed by atoms with Gasteiger partial charge in [0.05, 0.1) is 0 Å². The van der Waals surface area contributed by atoms with Gasteiger partial charge in [-0.15, -0.1) is 0 Å². The van der Waals surface area contributed by atoms with Crippen LogP contribution in [-0.2, 0) is 14.3 Å². The Morgan fingerprint density at radius 2 is 1.97 bits per heavy atom. The predicted octanol–water partition coefficient (Wildman–Crippen LogP) is 5.85. The lowest BCUT2D eigenvalue weighted by molar-refractivity contribution is -0.197. The molecule has 5 aliphatic rings. The monoisotopic (exact) mass is 460 g/mol. The minimum absolute atomic E-state index is 0.0387. The highest BCUT2D eigenvalue weighted by molar-refractivity contribution is 5.73. The van der Waals surface area contributed by atoms with Crippen LogP contribution in [-0.4, -0.2) is 28.3 Å². The van der Waals surface area contributed by atoms with Gasteiger partial charge < -0.3 is 9.47 Å². The second-order valence-electron chi connectivity index (χ2n) is 12.7. The van der Waals surface area contributed by atoms with Crippen LogP contribution in [0, 0.1) is 38.9 Å². The van der Waals surface area contributed by atoms with Crippen LogP contribution in [0.4, 0.5) is 0 Å². The summed E-state index contributed by atoms with van der Waals surface area (Å²) in [6.45, 7) is 11.3. The van der Waals surface area contributed by atoms with Crippen LogP contribution >= 0.6 is 0 Å². The molecule has 4 fully saturated rings. The summed E-state index contributed by atoms with van der Waals surface area (Å²) in [6, 6.07) is 6.88. The minimum atomic E-state index is -0.775. The lowest BCUT2D eigenvalue weighted by Crippen LogP contribution is -2.68. The Kier molecular flexibility index (Phi) is 4.27. The third kappa shape index (κ3) is 2.30. The van der Waals surface area contributed by atoms with E-state index in [-0.39, 0.29) is 33.7 Å². The van der Waals surface area contributed by atoms with Gasteiger partial charge in [0, 0.05) is 31.2 Å². The van der Waals surface area contributed by atoms with Gasteiger partial charge in [-0.3, -0.25) is 9.78 Å². The van der Waals surface area contributed by atoms with E-state index >= 15 is 0 Å². The van der Waals surface area contributed by atoms with E-state index in [0.29, 0.717) is 12.3 Å². The average molecular weight is 461 g/mol. The van der Waals surface area contributed by atoms with Crippen molar-refractivity contribution in [1.29, 1.82) is 5.26 Å². The van der Waals surface area contributed by atoms with Crippen molar-refractivity contribution >= 4 is 11.5 Å². The normalized spacial score (nSPS) is 50.5. The number of allylic oxidation sites excluding steroid dienone is 2. The van der Waals surface area contributed by atoms with Crippen molar-refractivity contribution in [1.82, 2.24) is 4.98 Å². The Morgan fingerprint density at radius 1 is 1.18 bits per heavy atom. The first-order valence-electron chi connectivity index (χ1n) is 12.9. The second-order valence-corrected chi connectivity index (χ2v) is 12.7. The van der Waals surface area contributed by atoms with Gasteiger partial charge in [-0.1, -0.05) is 39.8 Å². The molecule has 1 unspecified atom stereocenters. The molecule has 2 heterocycles. The zero-order valence-corrected chi connectivity index (χ0v) is 21.1. The van der Waals surface area contributed by atoms with Gasteiger partial charge in [-0.05, 0) is 77.9 Å². The fourth-order valence-corrected chi connectivity index (χ4v) is 9.55. The standard InChI is InChI=1S/C29H36N2O3/c1-19(32)33-21-8-11-27(5)26(4)13-12-24(2)22(20-7-6-14-31-17-20)9-10-25(24,3)23(26)16-28(18-30)29(27,15-21)34-28/h6-7,9,14,17,21,23H,8,10-13,15-16H2,1-5H3/t21-,23?,24+,25-,26-,27+,28-,29+/m0/s1. The fourth-order valence-electron chi connectivity index (χ4n) is 9.55. The number of hydrogen-bond acceptors (Lipinski definition) is 5. The first-order chi connectivity index (χ1) is 16.0. The molecule has 1 aliphatic heterocycles. The molecule has 0 N–H and O–H groups in total. The molecule has 8 atom stereocenters. The van der Waals surface area contributed by atoms with Crippen molar-refractivity contribution < 1.29 is 14.3 Å². The van der Waals surface area contributed by atoms with E-state index in [1.165, 1.54) is 18.1 Å². The van der Waals surface area contributed by atoms with Crippen molar-refractivity contribution in [2.75, 3.05) is 0 Å². The smallest absolute Gasteiger partial charge is 0.302 e. The number of hydrogen-bond donors (Lipinski definition) is 0. The molecule has 0 radical (unpaired) electrons. The van der Waals surface area contributed by atoms with Crippen LogP contribution < -0.4 is 0 Å². The second kappa shape index (κ2) is 6.52. The van der Waals surface area contributed by atoms with Crippen LogP contribution in [0.15, 0.2) is 30.6 Å². The van der Waals surface area contributed by atoms with Crippen LogP contribution in [0.5, 0.6) is 0 Å². The summed E-state index contributed by atoms with van der Waals surface area (Å²) in [7, 11) is 0. The number of esters is 1. The van der Waals surface area contributed by atoms with Crippen molar-refractivity contribution in [3.63, 3.8) is 0 Å². The molecular formula is C29H36N2O3. The predicted molar refractivity (Wildman–Crippen MR) is 128 cm³/mol. The van der Waals surface area contributed by atoms with E-state index in [9.17, 15) is 10.1 Å². The van der Waals surface area contributed by atoms with Gasteiger partial charge in [-0.25, -0.2) is 0 Å². The summed E-state index contributed by atoms with van der Waals surface area (Å²) >= 11 is 0. The Morgan fingerprint density at radius 3 is 2.65 bits per heavy atom. The SMILES string of the molecule is CC(=O)O[C@H]1CC[C@@]2(C)[C@@]3(C1)O[C@]3(C#N)CC1[C@]2(C)CC[C@]2(C)C(c3cccnc3)=CC[C@@]12C. The molecule has 0 amide bonds. The van der Waals surface area contributed by atoms with E-state index in [2.05, 4.69) is 50.9 Å². The van der Waals surface area contributed by atoms with Crippen molar-refractivity contribution in [3.8, 4) is 6.07 Å². The first kappa shape index (κ1) is 22.3. The highest BCUT2D eigenvalue weighted by Gasteiger charge is 2.88. The lowest BCUT2D eigenvalue weighted by Gasteiger charge is -2.68. The number of aromatic nitrogens is 1. The van der Waals surface area contributed by atoms with Gasteiger partial charge in [-0.2, -0.15) is 5.26 Å². The maximum Gasteiger partial charge on any atom is 0.302 e. The highest BCUT2D eigenvalue weighted by Crippen LogP contribution is 2.83. The number of nitrogens with zero attached hydrogens (tertiary/aromatic N) is 2. The van der Waals surface area contributed by atoms with Crippen LogP contribution in [0.2, 0.25) is 0 Å². The molecule has 3 saturated carbocycles. The average Bonchev–Trinajstić information content (AvgIpc) is 3.37. The largest absolute Gasteiger partial charge is 0.462 e. The van der Waals surface area contributed by atoms with Crippen LogP contribution in [0.3, 0.4) is 0 Å². The van der Waals surface area contributed by atoms with Crippen molar-refractivity contribution in [3.05, 3.63) is 36.2 Å². The fraction of sp³-hybridized carbons (Fsp3) is 0.690. The van der Waals surface area contributed by atoms with E-state index in [1.54, 1.807) is 0 Å². The molecule has 0 bridgehead atoms. The molecule has 4 aliphatic carbocycles. The van der Waals surface area contributed by atoms with Gasteiger partial charge in [0.15, 0.2) is 5.60 Å². The van der Waals surface area contributed by atoms with Gasteiger partial charge in [0.1, 0.15) is 17.8 Å². The summed E-state index contributed by atoms with van der Waals surface area (Å²) in [5.41, 5.74) is 1.37. The Balaban J connectivity index is 1.42. The maximum absolute atomic E-state index is 11.7. The highest BCUT2D eigenvalue weighted by atomic mass is 16.6. The van der Waals surface area contributed by atoms with Gasteiger partial charge >= 0.3 is 5.97 Å². The molecule has 0 aromatic carbocycles. The van der Waals surface area contributed by atoms with E-state index < -0.39 is 11.2 Å². The number of carbonyl (C=O) groups is 1. The molecule has 34 heavy (non-hydrogen) atoms. The zero-order chi connectivity index (χ0) is 24.2. The molecule has 1 saturated heterocycles. The molecule has 1 aromatic rings. The third-order valence-electron chi connectivity index (χ3n) is 11.8. The lowest BCUT2D eigenvalue weighted by atomic mass is 9.33. The van der Waals surface area contributed by atoms with Crippen LogP contribution in [0.25, 0.3) is 5.57 Å². The van der Waals surface area contributed by atoms with Gasteiger partial charge in [0.25, 0.3) is 0 Å². The first-order valence-corrected chi connectivity index (χ1v) is 12.9. The van der Waals surface area contributed by atoms with E-state index in [4.69, 9.17) is 9.47 Å². The molecule has 6 rings (SSSR count). The molecule has 180 valence electrons. The van der Waals surface area contributed by atoms with Crippen molar-refractivity contribution in [2.45, 2.75) is 96.9 Å². The number of fused-ring (bicyclic) bond motifs is 4. The minimum Gasteiger partial charge on any atom is -0.462 e. The summed E-state index contributed by atoms with van der Waals surface area (Å²) in [5.74, 6) is 0.128. The van der Waals surface area contributed by atoms with E-state index in [0.717, 1.165) is 38.5 Å². The summed E-state index contributed by atoms with van der Waals surface area (Å²) < 4.78 is 12.3. The third-order valence-corrected chi connectivity index (χ3v) is 11.8. The summed E-state index contributed by atoms with van der Waals surface area (Å²) in [4.78, 5) is 16.1. The Bertz CT molecular complexity index is 1140. The molecule has 5 heteroatoms. The Hall–Kier alpha value is -2.19. The van der Waals surface area contributed by atoms with Crippen molar-refractivity contribution in [2.24, 2.45) is 27.6 Å². The molecule has 1 aromatic heterocycles. The number of rotatable bonds is 2. The quantitative estimate of drug-likeness (QED) is 0.408. The van der Waals surface area contributed by atoms with E-state index in [1.807, 2.05) is 18.5 Å². The number of carbonyl (C=O) groups excluding carboxylic acids is 1. The topological polar surface area (TPSA) is 75.5 Å². The number of nitriles is 1. The number of ether oxygens (including phenoxy) is 2. The molecule has 1 spiro atoms. The Labute approximate surface area is 202 Å². The maximum atomic E-state index is 11.7. The molecular weight excluding hydrogens is 424 g/mol. The van der Waals surface area contributed by atoms with Gasteiger partial charge in [0.2, 0.25) is 0 Å². The number of pyridine rings is 1. The zero-order valence-electron chi connectivity index (χ0n) is 21.1. The summed E-state index contributed by atoms with van der Waals surface area (Å²) in [6.07, 6.45) is 12.6. The number of epoxide rings is 1.